The predicted octanol–water partition coefficient (Wildman–Crippen LogP) is 3.52. The number of amides is 2. The molecule has 9 nitrogen and oxygen atoms in total. The van der Waals surface area contributed by atoms with Crippen molar-refractivity contribution in [3.63, 3.8) is 0 Å². The van der Waals surface area contributed by atoms with E-state index in [1.165, 1.54) is 28.2 Å². The molecular weight excluding hydrogens is 458 g/mol. The number of hydrogen-bond acceptors (Lipinski definition) is 7. The van der Waals surface area contributed by atoms with Crippen molar-refractivity contribution >= 4 is 46.2 Å². The van der Waals surface area contributed by atoms with Gasteiger partial charge in [0.1, 0.15) is 23.2 Å². The number of pyridine rings is 1. The molecule has 0 saturated heterocycles. The van der Waals surface area contributed by atoms with Crippen molar-refractivity contribution in [3.8, 4) is 0 Å². The molecule has 5 rings (SSSR count). The molecule has 0 spiro atoms. The molecule has 2 atom stereocenters. The standard InChI is InChI=1S/C27H21N5O4/c1-16-22(26(35)31(29-16)18-10-5-3-6-11-18)24(33)20-14-9-15-21(28-20)25(34)23-17(2)30-32(27(23)36)19-12-7-4-8-13-19/h3-15,22-23H,1-2H3. The van der Waals surface area contributed by atoms with E-state index in [2.05, 4.69) is 15.2 Å². The van der Waals surface area contributed by atoms with Gasteiger partial charge in [0.25, 0.3) is 11.8 Å². The second kappa shape index (κ2) is 9.10. The first-order valence-electron chi connectivity index (χ1n) is 11.3. The molecule has 1 aromatic heterocycles. The summed E-state index contributed by atoms with van der Waals surface area (Å²) >= 11 is 0. The summed E-state index contributed by atoms with van der Waals surface area (Å²) in [5.74, 6) is -4.41. The highest BCUT2D eigenvalue weighted by atomic mass is 16.2. The van der Waals surface area contributed by atoms with E-state index in [-0.39, 0.29) is 11.4 Å². The predicted molar refractivity (Wildman–Crippen MR) is 134 cm³/mol. The molecule has 2 unspecified atom stereocenters. The molecule has 0 saturated carbocycles. The van der Waals surface area contributed by atoms with Crippen LogP contribution in [0.1, 0.15) is 34.8 Å². The molecule has 3 heterocycles. The van der Waals surface area contributed by atoms with Gasteiger partial charge in [0, 0.05) is 0 Å². The lowest BCUT2D eigenvalue weighted by molar-refractivity contribution is -0.119. The molecule has 3 aromatic rings. The zero-order chi connectivity index (χ0) is 25.4. The van der Waals surface area contributed by atoms with Crippen molar-refractivity contribution in [2.24, 2.45) is 22.0 Å². The topological polar surface area (TPSA) is 112 Å². The molecular formula is C27H21N5O4. The highest BCUT2D eigenvalue weighted by Crippen LogP contribution is 2.28. The number of hydrogen-bond donors (Lipinski definition) is 0. The van der Waals surface area contributed by atoms with Gasteiger partial charge >= 0.3 is 0 Å². The molecule has 2 aliphatic rings. The normalized spacial score (nSPS) is 19.4. The zero-order valence-corrected chi connectivity index (χ0v) is 19.5. The van der Waals surface area contributed by atoms with Crippen LogP contribution in [0.5, 0.6) is 0 Å². The van der Waals surface area contributed by atoms with E-state index < -0.39 is 35.2 Å². The largest absolute Gasteiger partial charge is 0.291 e. The first kappa shape index (κ1) is 23.0. The number of Topliss-reactive ketones (excluding diaryl/α,β-unsaturated/α-hetero) is 2. The number of carbonyl (C=O) groups is 4. The maximum Gasteiger partial charge on any atom is 0.264 e. The van der Waals surface area contributed by atoms with Crippen molar-refractivity contribution in [3.05, 3.63) is 90.3 Å². The van der Waals surface area contributed by atoms with E-state index in [0.717, 1.165) is 0 Å². The van der Waals surface area contributed by atoms with Gasteiger partial charge in [0.05, 0.1) is 22.8 Å². The van der Waals surface area contributed by atoms with Gasteiger partial charge in [-0.25, -0.2) is 4.98 Å². The summed E-state index contributed by atoms with van der Waals surface area (Å²) in [6.07, 6.45) is 0. The Bertz CT molecular complexity index is 1340. The Hall–Kier alpha value is -4.79. The van der Waals surface area contributed by atoms with E-state index in [1.807, 2.05) is 12.1 Å². The Morgan fingerprint density at radius 3 is 1.39 bits per heavy atom. The van der Waals surface area contributed by atoms with Crippen molar-refractivity contribution in [2.45, 2.75) is 13.8 Å². The lowest BCUT2D eigenvalue weighted by Gasteiger charge is -2.14. The van der Waals surface area contributed by atoms with Crippen LogP contribution in [0.3, 0.4) is 0 Å². The minimum Gasteiger partial charge on any atom is -0.291 e. The molecule has 0 N–H and O–H groups in total. The van der Waals surface area contributed by atoms with Crippen LogP contribution in [0.15, 0.2) is 89.1 Å². The van der Waals surface area contributed by atoms with Gasteiger partial charge in [-0.1, -0.05) is 42.5 Å². The summed E-state index contributed by atoms with van der Waals surface area (Å²) in [4.78, 5) is 56.9. The molecule has 2 amide bonds. The number of aromatic nitrogens is 1. The van der Waals surface area contributed by atoms with Gasteiger partial charge in [-0.05, 0) is 50.2 Å². The second-order valence-electron chi connectivity index (χ2n) is 8.46. The monoisotopic (exact) mass is 479 g/mol. The molecule has 178 valence electrons. The van der Waals surface area contributed by atoms with Gasteiger partial charge in [0.15, 0.2) is 11.6 Å². The van der Waals surface area contributed by atoms with Crippen LogP contribution in [0.4, 0.5) is 11.4 Å². The van der Waals surface area contributed by atoms with Crippen LogP contribution in [0.25, 0.3) is 0 Å². The minimum absolute atomic E-state index is 0.0522. The van der Waals surface area contributed by atoms with Gasteiger partial charge in [-0.15, -0.1) is 0 Å². The average molecular weight is 479 g/mol. The van der Waals surface area contributed by atoms with E-state index >= 15 is 0 Å². The number of rotatable bonds is 6. The van der Waals surface area contributed by atoms with Gasteiger partial charge in [-0.2, -0.15) is 20.2 Å². The van der Waals surface area contributed by atoms with Gasteiger partial charge in [-0.3, -0.25) is 19.2 Å². The molecule has 2 aliphatic heterocycles. The molecule has 0 aliphatic carbocycles. The van der Waals surface area contributed by atoms with Crippen LogP contribution in [-0.4, -0.2) is 39.8 Å². The maximum atomic E-state index is 13.3. The Balaban J connectivity index is 1.38. The number of ketones is 2. The SMILES string of the molecule is CC1=NN(c2ccccc2)C(=O)C1C(=O)c1cccc(C(=O)C2C(=O)N(c3ccccc3)N=C2C)n1. The molecule has 9 heteroatoms. The third kappa shape index (κ3) is 3.90. The lowest BCUT2D eigenvalue weighted by atomic mass is 9.94. The van der Waals surface area contributed by atoms with Crippen molar-refractivity contribution in [1.82, 2.24) is 4.98 Å². The number of nitrogens with zero attached hydrogens (tertiary/aromatic N) is 5. The highest BCUT2D eigenvalue weighted by Gasteiger charge is 2.42. The quantitative estimate of drug-likeness (QED) is 0.397. The second-order valence-corrected chi connectivity index (χ2v) is 8.46. The molecule has 0 fully saturated rings. The third-order valence-electron chi connectivity index (χ3n) is 6.04. The Labute approximate surface area is 206 Å². The number of carbonyl (C=O) groups excluding carboxylic acids is 4. The van der Waals surface area contributed by atoms with Gasteiger partial charge in [0.2, 0.25) is 0 Å². The fourth-order valence-corrected chi connectivity index (χ4v) is 4.25. The van der Waals surface area contributed by atoms with Crippen LogP contribution in [0, 0.1) is 11.8 Å². The number of para-hydroxylation sites is 2. The zero-order valence-electron chi connectivity index (χ0n) is 19.5. The van der Waals surface area contributed by atoms with Crippen LogP contribution < -0.4 is 10.0 Å². The van der Waals surface area contributed by atoms with Crippen molar-refractivity contribution < 1.29 is 19.2 Å². The Morgan fingerprint density at radius 1 is 0.611 bits per heavy atom. The third-order valence-corrected chi connectivity index (χ3v) is 6.04. The molecule has 0 radical (unpaired) electrons. The summed E-state index contributed by atoms with van der Waals surface area (Å²) in [6.45, 7) is 3.21. The fourth-order valence-electron chi connectivity index (χ4n) is 4.25. The van der Waals surface area contributed by atoms with E-state index in [0.29, 0.717) is 22.8 Å². The molecule has 36 heavy (non-hydrogen) atoms. The first-order chi connectivity index (χ1) is 17.4. The number of hydrazone groups is 2. The van der Waals surface area contributed by atoms with E-state index in [1.54, 1.807) is 62.4 Å². The van der Waals surface area contributed by atoms with Gasteiger partial charge < -0.3 is 0 Å². The maximum absolute atomic E-state index is 13.3. The summed E-state index contributed by atoms with van der Waals surface area (Å²) in [7, 11) is 0. The molecule has 2 aromatic carbocycles. The summed E-state index contributed by atoms with van der Waals surface area (Å²) in [5, 5.41) is 10.9. The first-order valence-corrected chi connectivity index (χ1v) is 11.3. The van der Waals surface area contributed by atoms with Crippen LogP contribution in [0.2, 0.25) is 0 Å². The summed E-state index contributed by atoms with van der Waals surface area (Å²) < 4.78 is 0. The summed E-state index contributed by atoms with van der Waals surface area (Å²) in [5.41, 5.74) is 1.66. The number of benzene rings is 2. The van der Waals surface area contributed by atoms with E-state index in [4.69, 9.17) is 0 Å². The van der Waals surface area contributed by atoms with Crippen molar-refractivity contribution in [2.75, 3.05) is 10.0 Å². The average Bonchev–Trinajstić information content (AvgIpc) is 3.38. The minimum atomic E-state index is -1.15. The number of anilines is 2. The fraction of sp³-hybridized carbons (Fsp3) is 0.148. The highest BCUT2D eigenvalue weighted by molar-refractivity contribution is 6.31. The molecule has 0 bridgehead atoms. The summed E-state index contributed by atoms with van der Waals surface area (Å²) in [6, 6.07) is 22.0. The van der Waals surface area contributed by atoms with Crippen LogP contribution in [-0.2, 0) is 9.59 Å². The van der Waals surface area contributed by atoms with Crippen LogP contribution >= 0.6 is 0 Å². The van der Waals surface area contributed by atoms with Crippen molar-refractivity contribution in [1.29, 1.82) is 0 Å². The Morgan fingerprint density at radius 2 is 1.00 bits per heavy atom. The smallest absolute Gasteiger partial charge is 0.264 e. The van der Waals surface area contributed by atoms with E-state index in [9.17, 15) is 19.2 Å². The Kier molecular flexibility index (Phi) is 5.81. The lowest BCUT2D eigenvalue weighted by Crippen LogP contribution is -2.34.